The SMILES string of the molecule is CC(c1ccc(Cl)cc1)C(CNC(=O)C(C)(C)Oc1ccc(C(F)(F)F)cn1)c1cncc(Cl)c1. The molecule has 1 amide bonds. The molecule has 0 aliphatic carbocycles. The lowest BCUT2D eigenvalue weighted by Gasteiger charge is -2.29. The van der Waals surface area contributed by atoms with Gasteiger partial charge in [0.2, 0.25) is 5.88 Å². The minimum absolute atomic E-state index is 0.0338. The Bertz CT molecular complexity index is 1150. The smallest absolute Gasteiger partial charge is 0.417 e. The van der Waals surface area contributed by atoms with Gasteiger partial charge in [-0.1, -0.05) is 42.3 Å². The van der Waals surface area contributed by atoms with E-state index in [4.69, 9.17) is 27.9 Å². The molecule has 186 valence electrons. The second kappa shape index (κ2) is 10.8. The second-order valence-corrected chi connectivity index (χ2v) is 9.46. The van der Waals surface area contributed by atoms with Crippen molar-refractivity contribution in [3.63, 3.8) is 0 Å². The number of carbonyl (C=O) groups excluding carboxylic acids is 1. The molecule has 0 bridgehead atoms. The van der Waals surface area contributed by atoms with E-state index in [1.807, 2.05) is 19.1 Å². The maximum Gasteiger partial charge on any atom is 0.417 e. The molecule has 3 aromatic rings. The Morgan fingerprint density at radius 3 is 2.26 bits per heavy atom. The van der Waals surface area contributed by atoms with E-state index in [9.17, 15) is 18.0 Å². The number of rotatable bonds is 8. The van der Waals surface area contributed by atoms with Gasteiger partial charge in [-0.15, -0.1) is 0 Å². The minimum Gasteiger partial charge on any atom is -0.462 e. The van der Waals surface area contributed by atoms with E-state index >= 15 is 0 Å². The van der Waals surface area contributed by atoms with Crippen LogP contribution in [0.5, 0.6) is 5.88 Å². The Labute approximate surface area is 211 Å². The van der Waals surface area contributed by atoms with E-state index in [0.717, 1.165) is 23.3 Å². The topological polar surface area (TPSA) is 64.1 Å². The van der Waals surface area contributed by atoms with Crippen LogP contribution in [-0.2, 0) is 11.0 Å². The first-order chi connectivity index (χ1) is 16.4. The third-order valence-electron chi connectivity index (χ3n) is 5.61. The molecule has 2 heterocycles. The van der Waals surface area contributed by atoms with Crippen LogP contribution in [0, 0.1) is 0 Å². The fraction of sp³-hybridized carbons (Fsp3) is 0.320. The summed E-state index contributed by atoms with van der Waals surface area (Å²) < 4.78 is 43.9. The summed E-state index contributed by atoms with van der Waals surface area (Å²) in [6.45, 7) is 5.28. The second-order valence-electron chi connectivity index (χ2n) is 8.59. The molecule has 0 fully saturated rings. The summed E-state index contributed by atoms with van der Waals surface area (Å²) in [5.41, 5.74) is -0.448. The highest BCUT2D eigenvalue weighted by Gasteiger charge is 2.34. The number of halogens is 5. The third kappa shape index (κ3) is 7.08. The van der Waals surface area contributed by atoms with Crippen molar-refractivity contribution in [2.75, 3.05) is 6.54 Å². The van der Waals surface area contributed by atoms with Crippen LogP contribution in [0.2, 0.25) is 10.0 Å². The largest absolute Gasteiger partial charge is 0.462 e. The van der Waals surface area contributed by atoms with Gasteiger partial charge in [-0.05, 0) is 55.2 Å². The lowest BCUT2D eigenvalue weighted by molar-refractivity contribution is -0.138. The average Bonchev–Trinajstić information content (AvgIpc) is 2.79. The molecule has 0 saturated carbocycles. The number of hydrogen-bond acceptors (Lipinski definition) is 4. The first kappa shape index (κ1) is 26.8. The van der Waals surface area contributed by atoms with Crippen molar-refractivity contribution in [3.8, 4) is 5.88 Å². The van der Waals surface area contributed by atoms with E-state index < -0.39 is 23.2 Å². The van der Waals surface area contributed by atoms with Crippen molar-refractivity contribution in [3.05, 3.63) is 87.8 Å². The first-order valence-electron chi connectivity index (χ1n) is 10.7. The van der Waals surface area contributed by atoms with Gasteiger partial charge in [0.15, 0.2) is 5.60 Å². The van der Waals surface area contributed by atoms with Crippen molar-refractivity contribution in [2.24, 2.45) is 0 Å². The third-order valence-corrected chi connectivity index (χ3v) is 6.06. The molecule has 5 nitrogen and oxygen atoms in total. The van der Waals surface area contributed by atoms with Crippen LogP contribution in [0.1, 0.15) is 49.3 Å². The van der Waals surface area contributed by atoms with Crippen molar-refractivity contribution in [2.45, 2.75) is 44.4 Å². The Morgan fingerprint density at radius 2 is 1.69 bits per heavy atom. The van der Waals surface area contributed by atoms with Crippen molar-refractivity contribution in [1.29, 1.82) is 0 Å². The standard InChI is InChI=1S/C25H24Cl2F3N3O2/c1-15(16-4-7-19(26)8-5-16)21(17-10-20(27)13-31-11-17)14-33-23(34)24(2,3)35-22-9-6-18(12-32-22)25(28,29)30/h4-13,15,21H,14H2,1-3H3,(H,33,34). The minimum atomic E-state index is -4.51. The molecule has 0 spiro atoms. The molecule has 0 aliphatic heterocycles. The van der Waals surface area contributed by atoms with Gasteiger partial charge < -0.3 is 10.1 Å². The maximum atomic E-state index is 13.0. The first-order valence-corrected chi connectivity index (χ1v) is 11.5. The predicted octanol–water partition coefficient (Wildman–Crippen LogP) is 6.66. The molecule has 0 radical (unpaired) electrons. The number of alkyl halides is 3. The number of hydrogen-bond donors (Lipinski definition) is 1. The van der Waals surface area contributed by atoms with Gasteiger partial charge in [0.1, 0.15) is 0 Å². The van der Waals surface area contributed by atoms with Crippen LogP contribution < -0.4 is 10.1 Å². The molecule has 0 aliphatic rings. The number of nitrogens with zero attached hydrogens (tertiary/aromatic N) is 2. The van der Waals surface area contributed by atoms with Crippen LogP contribution in [0.25, 0.3) is 0 Å². The zero-order valence-corrected chi connectivity index (χ0v) is 20.7. The van der Waals surface area contributed by atoms with Gasteiger partial charge in [0, 0.05) is 42.1 Å². The zero-order chi connectivity index (χ0) is 25.8. The predicted molar refractivity (Wildman–Crippen MR) is 129 cm³/mol. The van der Waals surface area contributed by atoms with Gasteiger partial charge in [0.05, 0.1) is 10.6 Å². The quantitative estimate of drug-likeness (QED) is 0.357. The van der Waals surface area contributed by atoms with Crippen LogP contribution in [0.15, 0.2) is 61.1 Å². The number of ether oxygens (including phenoxy) is 1. The Kier molecular flexibility index (Phi) is 8.28. The molecule has 2 unspecified atom stereocenters. The lowest BCUT2D eigenvalue weighted by Crippen LogP contribution is -2.48. The summed E-state index contributed by atoms with van der Waals surface area (Å²) >= 11 is 12.2. The van der Waals surface area contributed by atoms with Gasteiger partial charge in [-0.3, -0.25) is 9.78 Å². The highest BCUT2D eigenvalue weighted by molar-refractivity contribution is 6.30. The van der Waals surface area contributed by atoms with E-state index in [0.29, 0.717) is 16.2 Å². The lowest BCUT2D eigenvalue weighted by atomic mass is 9.83. The van der Waals surface area contributed by atoms with Crippen molar-refractivity contribution in [1.82, 2.24) is 15.3 Å². The van der Waals surface area contributed by atoms with Crippen LogP contribution >= 0.6 is 23.2 Å². The highest BCUT2D eigenvalue weighted by atomic mass is 35.5. The number of amides is 1. The monoisotopic (exact) mass is 525 g/mol. The van der Waals surface area contributed by atoms with E-state index in [-0.39, 0.29) is 24.3 Å². The number of pyridine rings is 2. The van der Waals surface area contributed by atoms with Gasteiger partial charge in [0.25, 0.3) is 5.91 Å². The van der Waals surface area contributed by atoms with Gasteiger partial charge >= 0.3 is 6.18 Å². The maximum absolute atomic E-state index is 13.0. The Hall–Kier alpha value is -2.84. The summed E-state index contributed by atoms with van der Waals surface area (Å²) in [6, 6.07) is 11.2. The van der Waals surface area contributed by atoms with Crippen LogP contribution in [0.4, 0.5) is 13.2 Å². The number of aromatic nitrogens is 2. The molecule has 2 aromatic heterocycles. The van der Waals surface area contributed by atoms with Crippen LogP contribution in [0.3, 0.4) is 0 Å². The molecule has 2 atom stereocenters. The van der Waals surface area contributed by atoms with Crippen LogP contribution in [-0.4, -0.2) is 28.0 Å². The van der Waals surface area contributed by atoms with Gasteiger partial charge in [-0.2, -0.15) is 13.2 Å². The molecule has 10 heteroatoms. The van der Waals surface area contributed by atoms with Gasteiger partial charge in [-0.25, -0.2) is 4.98 Å². The molecule has 35 heavy (non-hydrogen) atoms. The van der Waals surface area contributed by atoms with E-state index in [1.54, 1.807) is 24.4 Å². The van der Waals surface area contributed by atoms with E-state index in [2.05, 4.69) is 15.3 Å². The number of carbonyl (C=O) groups is 1. The van der Waals surface area contributed by atoms with Crippen molar-refractivity contribution >= 4 is 29.1 Å². The Morgan fingerprint density at radius 1 is 1.00 bits per heavy atom. The summed E-state index contributed by atoms with van der Waals surface area (Å²) in [4.78, 5) is 20.9. The normalized spacial score (nSPS) is 13.7. The summed E-state index contributed by atoms with van der Waals surface area (Å²) in [7, 11) is 0. The summed E-state index contributed by atoms with van der Waals surface area (Å²) in [5, 5.41) is 3.98. The highest BCUT2D eigenvalue weighted by Crippen LogP contribution is 2.34. The summed E-state index contributed by atoms with van der Waals surface area (Å²) in [5.74, 6) is -0.773. The zero-order valence-electron chi connectivity index (χ0n) is 19.2. The molecule has 1 N–H and O–H groups in total. The van der Waals surface area contributed by atoms with Crippen molar-refractivity contribution < 1.29 is 22.7 Å². The number of benzene rings is 1. The fourth-order valence-electron chi connectivity index (χ4n) is 3.54. The van der Waals surface area contributed by atoms with E-state index in [1.165, 1.54) is 20.0 Å². The molecular weight excluding hydrogens is 502 g/mol. The molecule has 1 aromatic carbocycles. The average molecular weight is 526 g/mol. The molecule has 0 saturated heterocycles. The molecule has 3 rings (SSSR count). The number of nitrogens with one attached hydrogen (secondary N) is 1. The Balaban J connectivity index is 1.75. The fourth-order valence-corrected chi connectivity index (χ4v) is 3.85. The summed E-state index contributed by atoms with van der Waals surface area (Å²) in [6.07, 6.45) is -0.618. The molecular formula is C25H24Cl2F3N3O2.